The maximum atomic E-state index is 14.6. The molecule has 248 valence electrons. The molecule has 11 heteroatoms. The van der Waals surface area contributed by atoms with Gasteiger partial charge in [0.05, 0.1) is 31.9 Å². The molecule has 0 unspecified atom stereocenters. The molecule has 10 nitrogen and oxygen atoms in total. The van der Waals surface area contributed by atoms with E-state index < -0.39 is 28.5 Å². The predicted molar refractivity (Wildman–Crippen MR) is 181 cm³/mol. The van der Waals surface area contributed by atoms with Crippen molar-refractivity contribution >= 4 is 27.5 Å². The third kappa shape index (κ3) is 8.82. The zero-order valence-corrected chi connectivity index (χ0v) is 28.1. The normalized spacial score (nSPS) is 11.8. The fourth-order valence-electron chi connectivity index (χ4n) is 5.13. The van der Waals surface area contributed by atoms with Gasteiger partial charge in [0, 0.05) is 25.1 Å². The number of amides is 2. The van der Waals surface area contributed by atoms with Crippen LogP contribution >= 0.6 is 0 Å². The summed E-state index contributed by atoms with van der Waals surface area (Å²) in [7, 11) is 0.103. The summed E-state index contributed by atoms with van der Waals surface area (Å²) >= 11 is 0. The van der Waals surface area contributed by atoms with Crippen LogP contribution in [-0.4, -0.2) is 65.1 Å². The number of nitrogens with one attached hydrogen (secondary N) is 1. The van der Waals surface area contributed by atoms with Gasteiger partial charge in [0.25, 0.3) is 10.0 Å². The molecule has 0 heterocycles. The summed E-state index contributed by atoms with van der Waals surface area (Å²) < 4.78 is 45.7. The van der Waals surface area contributed by atoms with E-state index >= 15 is 0 Å². The van der Waals surface area contributed by atoms with Crippen LogP contribution in [0.4, 0.5) is 5.69 Å². The summed E-state index contributed by atoms with van der Waals surface area (Å²) in [4.78, 5) is 29.8. The van der Waals surface area contributed by atoms with Crippen molar-refractivity contribution in [3.05, 3.63) is 114 Å². The molecule has 0 saturated heterocycles. The molecule has 0 aliphatic heterocycles. The molecule has 2 amide bonds. The SMILES string of the molecule is COc1cccc(CN(C(=O)CN(c2ccccc2)S(=O)(=O)c2ccc(OC)c(OC)c2)[C@H](Cc2ccccc2)C(=O)NC(C)C)c1. The molecule has 0 spiro atoms. The number of hydrogen-bond acceptors (Lipinski definition) is 7. The largest absolute Gasteiger partial charge is 0.497 e. The molecule has 4 aromatic carbocycles. The van der Waals surface area contributed by atoms with Gasteiger partial charge in [0.2, 0.25) is 11.8 Å². The molecular weight excluding hydrogens is 618 g/mol. The van der Waals surface area contributed by atoms with Crippen molar-refractivity contribution in [2.45, 2.75) is 43.8 Å². The smallest absolute Gasteiger partial charge is 0.264 e. The van der Waals surface area contributed by atoms with Gasteiger partial charge in [-0.25, -0.2) is 8.42 Å². The van der Waals surface area contributed by atoms with Gasteiger partial charge >= 0.3 is 0 Å². The third-order valence-electron chi connectivity index (χ3n) is 7.46. The van der Waals surface area contributed by atoms with Crippen LogP contribution in [0.1, 0.15) is 25.0 Å². The first-order chi connectivity index (χ1) is 22.6. The number of benzene rings is 4. The summed E-state index contributed by atoms with van der Waals surface area (Å²) in [6.07, 6.45) is 0.211. The highest BCUT2D eigenvalue weighted by Gasteiger charge is 2.35. The Bertz CT molecular complexity index is 1750. The van der Waals surface area contributed by atoms with Gasteiger partial charge in [0.1, 0.15) is 18.3 Å². The van der Waals surface area contributed by atoms with Crippen LogP contribution < -0.4 is 23.8 Å². The van der Waals surface area contributed by atoms with E-state index in [-0.39, 0.29) is 41.2 Å². The number of sulfonamides is 1. The van der Waals surface area contributed by atoms with Gasteiger partial charge in [0.15, 0.2) is 11.5 Å². The van der Waals surface area contributed by atoms with Crippen LogP contribution in [0.2, 0.25) is 0 Å². The molecule has 0 fully saturated rings. The van der Waals surface area contributed by atoms with E-state index in [1.165, 1.54) is 37.3 Å². The van der Waals surface area contributed by atoms with Crippen molar-refractivity contribution < 1.29 is 32.2 Å². The fraction of sp³-hybridized carbons (Fsp3) is 0.278. The molecule has 0 saturated carbocycles. The summed E-state index contributed by atoms with van der Waals surface area (Å²) in [5.41, 5.74) is 1.84. The number of anilines is 1. The zero-order chi connectivity index (χ0) is 34.0. The van der Waals surface area contributed by atoms with E-state index in [0.29, 0.717) is 17.1 Å². The minimum Gasteiger partial charge on any atom is -0.497 e. The van der Waals surface area contributed by atoms with Crippen LogP contribution in [0.25, 0.3) is 0 Å². The number of carbonyl (C=O) groups is 2. The molecule has 47 heavy (non-hydrogen) atoms. The topological polar surface area (TPSA) is 114 Å². The zero-order valence-electron chi connectivity index (χ0n) is 27.3. The predicted octanol–water partition coefficient (Wildman–Crippen LogP) is 5.07. The lowest BCUT2D eigenvalue weighted by Gasteiger charge is -2.34. The van der Waals surface area contributed by atoms with Gasteiger partial charge in [-0.1, -0.05) is 60.7 Å². The number of carbonyl (C=O) groups excluding carboxylic acids is 2. The summed E-state index contributed by atoms with van der Waals surface area (Å²) in [6.45, 7) is 3.14. The molecular formula is C36H41N3O7S. The lowest BCUT2D eigenvalue weighted by molar-refractivity contribution is -0.140. The van der Waals surface area contributed by atoms with E-state index in [2.05, 4.69) is 5.32 Å². The van der Waals surface area contributed by atoms with Gasteiger partial charge in [-0.2, -0.15) is 0 Å². The first kappa shape index (κ1) is 34.8. The second kappa shape index (κ2) is 16.0. The maximum Gasteiger partial charge on any atom is 0.264 e. The highest BCUT2D eigenvalue weighted by molar-refractivity contribution is 7.92. The van der Waals surface area contributed by atoms with Gasteiger partial charge < -0.3 is 24.4 Å². The third-order valence-corrected chi connectivity index (χ3v) is 9.22. The van der Waals surface area contributed by atoms with Crippen molar-refractivity contribution in [2.24, 2.45) is 0 Å². The number of para-hydroxylation sites is 1. The molecule has 1 N–H and O–H groups in total. The molecule has 0 aromatic heterocycles. The summed E-state index contributed by atoms with van der Waals surface area (Å²) in [6, 6.07) is 28.1. The van der Waals surface area contributed by atoms with Crippen molar-refractivity contribution in [2.75, 3.05) is 32.2 Å². The summed E-state index contributed by atoms with van der Waals surface area (Å²) in [5.74, 6) is 0.247. The Balaban J connectivity index is 1.82. The van der Waals surface area contributed by atoms with Crippen LogP contribution in [0, 0.1) is 0 Å². The Kier molecular flexibility index (Phi) is 11.9. The Morgan fingerprint density at radius 2 is 1.38 bits per heavy atom. The number of nitrogens with zero attached hydrogens (tertiary/aromatic N) is 2. The Labute approximate surface area is 276 Å². The molecule has 4 aromatic rings. The molecule has 0 radical (unpaired) electrons. The van der Waals surface area contributed by atoms with Crippen LogP contribution in [0.5, 0.6) is 17.2 Å². The Morgan fingerprint density at radius 1 is 0.745 bits per heavy atom. The first-order valence-electron chi connectivity index (χ1n) is 15.1. The standard InChI is InChI=1S/C36H41N3O7S/c1-26(2)37-36(41)32(22-27-13-8-6-9-14-27)38(24-28-15-12-18-30(21-28)44-3)35(40)25-39(29-16-10-7-11-17-29)47(42,43)31-19-20-33(45-4)34(23-31)46-5/h6-21,23,26,32H,22,24-25H2,1-5H3,(H,37,41)/t32-/m1/s1. The molecule has 4 rings (SSSR count). The molecule has 1 atom stereocenters. The number of ether oxygens (including phenoxy) is 3. The Morgan fingerprint density at radius 3 is 2.00 bits per heavy atom. The highest BCUT2D eigenvalue weighted by Crippen LogP contribution is 2.32. The van der Waals surface area contributed by atoms with Crippen LogP contribution in [0.3, 0.4) is 0 Å². The number of methoxy groups -OCH3 is 3. The second-order valence-electron chi connectivity index (χ2n) is 11.1. The van der Waals surface area contributed by atoms with E-state index in [1.807, 2.05) is 50.2 Å². The maximum absolute atomic E-state index is 14.6. The van der Waals surface area contributed by atoms with Crippen molar-refractivity contribution in [1.82, 2.24) is 10.2 Å². The average molecular weight is 660 g/mol. The molecule has 0 bridgehead atoms. The van der Waals surface area contributed by atoms with E-state index in [1.54, 1.807) is 55.6 Å². The summed E-state index contributed by atoms with van der Waals surface area (Å²) in [5, 5.41) is 2.96. The minimum atomic E-state index is -4.32. The fourth-order valence-corrected chi connectivity index (χ4v) is 6.56. The van der Waals surface area contributed by atoms with Crippen molar-refractivity contribution in [1.29, 1.82) is 0 Å². The first-order valence-corrected chi connectivity index (χ1v) is 16.6. The average Bonchev–Trinajstić information content (AvgIpc) is 3.08. The second-order valence-corrected chi connectivity index (χ2v) is 13.0. The van der Waals surface area contributed by atoms with Crippen LogP contribution in [0.15, 0.2) is 108 Å². The Hall–Kier alpha value is -5.03. The number of rotatable bonds is 15. The lowest BCUT2D eigenvalue weighted by Crippen LogP contribution is -2.54. The van der Waals surface area contributed by atoms with Gasteiger partial charge in [-0.3, -0.25) is 13.9 Å². The van der Waals surface area contributed by atoms with E-state index in [4.69, 9.17) is 14.2 Å². The van der Waals surface area contributed by atoms with Gasteiger partial charge in [-0.15, -0.1) is 0 Å². The lowest BCUT2D eigenvalue weighted by atomic mass is 10.0. The minimum absolute atomic E-state index is 0.0259. The van der Waals surface area contributed by atoms with E-state index in [0.717, 1.165) is 9.87 Å². The molecule has 0 aliphatic carbocycles. The number of hydrogen-bond donors (Lipinski definition) is 1. The quantitative estimate of drug-likeness (QED) is 0.190. The monoisotopic (exact) mass is 659 g/mol. The highest BCUT2D eigenvalue weighted by atomic mass is 32.2. The molecule has 0 aliphatic rings. The van der Waals surface area contributed by atoms with Crippen molar-refractivity contribution in [3.8, 4) is 17.2 Å². The van der Waals surface area contributed by atoms with E-state index in [9.17, 15) is 18.0 Å². The van der Waals surface area contributed by atoms with Gasteiger partial charge in [-0.05, 0) is 61.4 Å². The van der Waals surface area contributed by atoms with Crippen molar-refractivity contribution in [3.63, 3.8) is 0 Å². The van der Waals surface area contributed by atoms with Crippen LogP contribution in [-0.2, 0) is 32.6 Å².